The lowest BCUT2D eigenvalue weighted by molar-refractivity contribution is -0.120. The Morgan fingerprint density at radius 3 is 2.62 bits per heavy atom. The van der Waals surface area contributed by atoms with Gasteiger partial charge in [0.15, 0.2) is 0 Å². The predicted octanol–water partition coefficient (Wildman–Crippen LogP) is 3.15. The molecule has 1 nitrogen and oxygen atoms in total. The normalized spacial score (nSPS) is 31.2. The van der Waals surface area contributed by atoms with E-state index in [0.29, 0.717) is 18.1 Å². The second-order valence-corrected chi connectivity index (χ2v) is 5.35. The summed E-state index contributed by atoms with van der Waals surface area (Å²) in [6.45, 7) is 2.09. The Hall–Kier alpha value is -1.11. The van der Waals surface area contributed by atoms with Gasteiger partial charge in [-0.05, 0) is 42.7 Å². The number of benzene rings is 1. The smallest absolute Gasteiger partial charge is 0.140 e. The molecule has 84 valence electrons. The first-order valence-electron chi connectivity index (χ1n) is 6.34. The van der Waals surface area contributed by atoms with Gasteiger partial charge >= 0.3 is 0 Å². The molecule has 0 aromatic heterocycles. The molecule has 0 radical (unpaired) electrons. The van der Waals surface area contributed by atoms with Gasteiger partial charge in [-0.1, -0.05) is 30.7 Å². The van der Waals surface area contributed by atoms with Crippen LogP contribution in [-0.2, 0) is 11.2 Å². The molecule has 1 aromatic rings. The number of aryl methyl sites for hydroxylation is 1. The van der Waals surface area contributed by atoms with Crippen molar-refractivity contribution in [3.05, 3.63) is 35.4 Å². The quantitative estimate of drug-likeness (QED) is 0.755. The van der Waals surface area contributed by atoms with Crippen LogP contribution in [0.15, 0.2) is 24.3 Å². The summed E-state index contributed by atoms with van der Waals surface area (Å²) in [5.41, 5.74) is 2.47. The van der Waals surface area contributed by atoms with Crippen LogP contribution in [0.5, 0.6) is 0 Å². The van der Waals surface area contributed by atoms with Crippen molar-refractivity contribution in [1.82, 2.24) is 0 Å². The van der Waals surface area contributed by atoms with Crippen LogP contribution < -0.4 is 0 Å². The maximum absolute atomic E-state index is 12.1. The molecule has 2 aliphatic rings. The molecule has 0 amide bonds. The zero-order valence-corrected chi connectivity index (χ0v) is 9.78. The van der Waals surface area contributed by atoms with Gasteiger partial charge in [-0.2, -0.15) is 0 Å². The molecule has 0 heterocycles. The molecule has 2 atom stereocenters. The third-order valence-corrected chi connectivity index (χ3v) is 4.40. The summed E-state index contributed by atoms with van der Waals surface area (Å²) in [5, 5.41) is 0. The molecule has 0 N–H and O–H groups in total. The van der Waals surface area contributed by atoms with Gasteiger partial charge in [0.1, 0.15) is 5.78 Å². The van der Waals surface area contributed by atoms with Gasteiger partial charge in [-0.25, -0.2) is 0 Å². The minimum atomic E-state index is 0.424. The molecule has 16 heavy (non-hydrogen) atoms. The Morgan fingerprint density at radius 1 is 1.25 bits per heavy atom. The van der Waals surface area contributed by atoms with Crippen LogP contribution in [0.4, 0.5) is 0 Å². The Balaban J connectivity index is 1.68. The fourth-order valence-corrected chi connectivity index (χ4v) is 3.41. The lowest BCUT2D eigenvalue weighted by atomic mass is 9.98. The second kappa shape index (κ2) is 3.73. The first-order chi connectivity index (χ1) is 7.77. The molecular weight excluding hydrogens is 196 g/mol. The van der Waals surface area contributed by atoms with Crippen molar-refractivity contribution < 1.29 is 4.79 Å². The summed E-state index contributed by atoms with van der Waals surface area (Å²) in [7, 11) is 0. The topological polar surface area (TPSA) is 17.1 Å². The maximum atomic E-state index is 12.1. The SMILES string of the molecule is Cc1ccccc1CC(=O)C1C2CCCC21. The van der Waals surface area contributed by atoms with Crippen LogP contribution in [-0.4, -0.2) is 5.78 Å². The lowest BCUT2D eigenvalue weighted by Gasteiger charge is -2.05. The number of carbonyl (C=O) groups excluding carboxylic acids is 1. The summed E-state index contributed by atoms with van der Waals surface area (Å²) in [6.07, 6.45) is 4.61. The number of hydrogen-bond acceptors (Lipinski definition) is 1. The van der Waals surface area contributed by atoms with Crippen molar-refractivity contribution in [3.8, 4) is 0 Å². The third kappa shape index (κ3) is 1.59. The van der Waals surface area contributed by atoms with Gasteiger partial charge in [0.25, 0.3) is 0 Å². The van der Waals surface area contributed by atoms with E-state index in [4.69, 9.17) is 0 Å². The fraction of sp³-hybridized carbons (Fsp3) is 0.533. The summed E-state index contributed by atoms with van der Waals surface area (Å²) in [6, 6.07) is 8.25. The summed E-state index contributed by atoms with van der Waals surface area (Å²) in [4.78, 5) is 12.1. The third-order valence-electron chi connectivity index (χ3n) is 4.40. The molecule has 3 rings (SSSR count). The zero-order chi connectivity index (χ0) is 11.1. The highest BCUT2D eigenvalue weighted by Crippen LogP contribution is 2.58. The van der Waals surface area contributed by atoms with Crippen molar-refractivity contribution in [1.29, 1.82) is 0 Å². The van der Waals surface area contributed by atoms with E-state index >= 15 is 0 Å². The van der Waals surface area contributed by atoms with Crippen molar-refractivity contribution in [2.45, 2.75) is 32.6 Å². The monoisotopic (exact) mass is 214 g/mol. The van der Waals surface area contributed by atoms with Gasteiger partial charge < -0.3 is 0 Å². The molecule has 1 aromatic carbocycles. The van der Waals surface area contributed by atoms with Crippen molar-refractivity contribution in [2.75, 3.05) is 0 Å². The van der Waals surface area contributed by atoms with E-state index in [-0.39, 0.29) is 0 Å². The molecule has 0 saturated heterocycles. The van der Waals surface area contributed by atoms with Crippen LogP contribution in [0, 0.1) is 24.7 Å². The van der Waals surface area contributed by atoms with Gasteiger partial charge in [0.05, 0.1) is 0 Å². The largest absolute Gasteiger partial charge is 0.299 e. The Kier molecular flexibility index (Phi) is 2.34. The first kappa shape index (κ1) is 10.1. The summed E-state index contributed by atoms with van der Waals surface area (Å²) in [5.74, 6) is 2.44. The van der Waals surface area contributed by atoms with Gasteiger partial charge in [-0.3, -0.25) is 4.79 Å². The number of ketones is 1. The second-order valence-electron chi connectivity index (χ2n) is 5.35. The average Bonchev–Trinajstić information content (AvgIpc) is 2.76. The van der Waals surface area contributed by atoms with Gasteiger partial charge in [-0.15, -0.1) is 0 Å². The van der Waals surface area contributed by atoms with E-state index in [1.165, 1.54) is 30.4 Å². The van der Waals surface area contributed by atoms with Crippen LogP contribution in [0.25, 0.3) is 0 Å². The van der Waals surface area contributed by atoms with E-state index in [2.05, 4.69) is 19.1 Å². The Bertz CT molecular complexity index is 411. The fourth-order valence-electron chi connectivity index (χ4n) is 3.41. The van der Waals surface area contributed by atoms with Gasteiger partial charge in [0.2, 0.25) is 0 Å². The molecule has 2 aliphatic carbocycles. The highest BCUT2D eigenvalue weighted by atomic mass is 16.1. The average molecular weight is 214 g/mol. The summed E-state index contributed by atoms with van der Waals surface area (Å²) < 4.78 is 0. The predicted molar refractivity (Wildman–Crippen MR) is 64.2 cm³/mol. The molecule has 0 spiro atoms. The minimum absolute atomic E-state index is 0.424. The molecule has 1 heteroatoms. The number of hydrogen-bond donors (Lipinski definition) is 0. The number of rotatable bonds is 3. The van der Waals surface area contributed by atoms with Crippen molar-refractivity contribution in [3.63, 3.8) is 0 Å². The molecule has 2 saturated carbocycles. The Morgan fingerprint density at radius 2 is 1.94 bits per heavy atom. The van der Waals surface area contributed by atoms with Gasteiger partial charge in [0, 0.05) is 12.3 Å². The standard InChI is InChI=1S/C15H18O/c1-10-5-2-3-6-11(10)9-14(16)15-12-7-4-8-13(12)15/h2-3,5-6,12-13,15H,4,7-9H2,1H3. The number of carbonyl (C=O) groups is 1. The van der Waals surface area contributed by atoms with Crippen LogP contribution >= 0.6 is 0 Å². The molecule has 0 bridgehead atoms. The van der Waals surface area contributed by atoms with E-state index in [1.54, 1.807) is 0 Å². The zero-order valence-electron chi connectivity index (χ0n) is 9.78. The number of fused-ring (bicyclic) bond motifs is 1. The van der Waals surface area contributed by atoms with E-state index in [0.717, 1.165) is 11.8 Å². The molecule has 2 fully saturated rings. The maximum Gasteiger partial charge on any atom is 0.140 e. The van der Waals surface area contributed by atoms with Crippen LogP contribution in [0.3, 0.4) is 0 Å². The van der Waals surface area contributed by atoms with Crippen molar-refractivity contribution >= 4 is 5.78 Å². The van der Waals surface area contributed by atoms with E-state index < -0.39 is 0 Å². The molecular formula is C15H18O. The highest BCUT2D eigenvalue weighted by Gasteiger charge is 2.55. The van der Waals surface area contributed by atoms with Crippen LogP contribution in [0.2, 0.25) is 0 Å². The number of Topliss-reactive ketones (excluding diaryl/α,β-unsaturated/α-hetero) is 1. The van der Waals surface area contributed by atoms with E-state index in [9.17, 15) is 4.79 Å². The highest BCUT2D eigenvalue weighted by molar-refractivity contribution is 5.86. The Labute approximate surface area is 96.9 Å². The molecule has 0 aliphatic heterocycles. The first-order valence-corrected chi connectivity index (χ1v) is 6.34. The lowest BCUT2D eigenvalue weighted by Crippen LogP contribution is -2.09. The molecule has 2 unspecified atom stereocenters. The van der Waals surface area contributed by atoms with Crippen molar-refractivity contribution in [2.24, 2.45) is 17.8 Å². The minimum Gasteiger partial charge on any atom is -0.299 e. The summed E-state index contributed by atoms with van der Waals surface area (Å²) >= 11 is 0. The van der Waals surface area contributed by atoms with Crippen LogP contribution in [0.1, 0.15) is 30.4 Å². The van der Waals surface area contributed by atoms with E-state index in [1.807, 2.05) is 12.1 Å².